The van der Waals surface area contributed by atoms with Crippen LogP contribution in [0.15, 0.2) is 0 Å². The summed E-state index contributed by atoms with van der Waals surface area (Å²) in [6.45, 7) is 2.53. The number of rotatable bonds is 5. The summed E-state index contributed by atoms with van der Waals surface area (Å²) in [6.07, 6.45) is -5.43. The zero-order valence-electron chi connectivity index (χ0n) is 10.1. The van der Waals surface area contributed by atoms with Crippen molar-refractivity contribution in [3.63, 3.8) is 0 Å². The maximum absolute atomic E-state index is 11.4. The van der Waals surface area contributed by atoms with Crippen LogP contribution in [-0.2, 0) is 9.47 Å². The van der Waals surface area contributed by atoms with E-state index in [1.54, 1.807) is 5.43 Å². The van der Waals surface area contributed by atoms with Gasteiger partial charge in [0.15, 0.2) is 0 Å². The Hall–Kier alpha value is -2.66. The number of carbonyl (C=O) groups is 2. The number of hydrogen-bond acceptors (Lipinski definition) is 8. The Morgan fingerprint density at radius 2 is 1.63 bits per heavy atom. The maximum atomic E-state index is 11.4. The monoisotopic (exact) mass is 280 g/mol. The first-order valence-corrected chi connectivity index (χ1v) is 5.01. The lowest BCUT2D eigenvalue weighted by Crippen LogP contribution is -2.58. The van der Waals surface area contributed by atoms with Gasteiger partial charge in [-0.25, -0.2) is 15.0 Å². The van der Waals surface area contributed by atoms with Crippen molar-refractivity contribution in [1.29, 1.82) is 0 Å². The Balaban J connectivity index is 5.12. The van der Waals surface area contributed by atoms with Crippen molar-refractivity contribution in [2.75, 3.05) is 13.2 Å². The topological polar surface area (TPSA) is 154 Å². The summed E-state index contributed by atoms with van der Waals surface area (Å²) >= 11 is 0. The molecule has 0 aromatic heterocycles. The summed E-state index contributed by atoms with van der Waals surface area (Å²) in [5.74, 6) is 0. The molecule has 2 amide bonds. The van der Waals surface area contributed by atoms with E-state index in [9.17, 15) is 29.8 Å². The molecule has 0 aliphatic carbocycles. The van der Waals surface area contributed by atoms with Crippen LogP contribution in [0.3, 0.4) is 0 Å². The molecule has 0 aliphatic rings. The van der Waals surface area contributed by atoms with Crippen molar-refractivity contribution in [3.8, 4) is 0 Å². The molecule has 0 atom stereocenters. The van der Waals surface area contributed by atoms with E-state index in [1.807, 2.05) is 0 Å². The van der Waals surface area contributed by atoms with E-state index in [0.29, 0.717) is 0 Å². The number of nitro groups is 2. The summed E-state index contributed by atoms with van der Waals surface area (Å²) in [5.41, 5.74) is 1.58. The summed E-state index contributed by atoms with van der Waals surface area (Å²) in [7, 11) is 0. The van der Waals surface area contributed by atoms with Crippen molar-refractivity contribution in [2.24, 2.45) is 0 Å². The molecule has 0 saturated carbocycles. The predicted molar refractivity (Wildman–Crippen MR) is 56.8 cm³/mol. The smallest absolute Gasteiger partial charge is 0.449 e. The van der Waals surface area contributed by atoms with Crippen LogP contribution in [0.1, 0.15) is 13.8 Å². The van der Waals surface area contributed by atoms with Crippen LogP contribution < -0.4 is 5.43 Å². The first-order chi connectivity index (χ1) is 8.84. The van der Waals surface area contributed by atoms with Crippen molar-refractivity contribution in [2.45, 2.75) is 20.1 Å². The van der Waals surface area contributed by atoms with Crippen LogP contribution in [0.25, 0.3) is 0 Å². The van der Waals surface area contributed by atoms with Crippen LogP contribution in [0, 0.1) is 20.2 Å². The van der Waals surface area contributed by atoms with Gasteiger partial charge >= 0.3 is 18.5 Å². The van der Waals surface area contributed by atoms with Gasteiger partial charge in [-0.1, -0.05) is 5.01 Å². The SMILES string of the molecule is CCOC(=O)NN(C(=O)OCC)C([N+](=O)[O-])[N+](=O)[O-]. The van der Waals surface area contributed by atoms with E-state index in [-0.39, 0.29) is 18.2 Å². The van der Waals surface area contributed by atoms with Crippen molar-refractivity contribution < 1.29 is 28.9 Å². The Bertz CT molecular complexity index is 358. The van der Waals surface area contributed by atoms with Crippen LogP contribution >= 0.6 is 0 Å². The number of ether oxygens (including phenoxy) is 2. The van der Waals surface area contributed by atoms with Crippen LogP contribution in [0.5, 0.6) is 0 Å². The summed E-state index contributed by atoms with van der Waals surface area (Å²) in [5, 5.41) is 20.9. The van der Waals surface area contributed by atoms with Gasteiger partial charge in [-0.2, -0.15) is 0 Å². The van der Waals surface area contributed by atoms with Crippen molar-refractivity contribution in [3.05, 3.63) is 20.2 Å². The lowest BCUT2D eigenvalue weighted by Gasteiger charge is -2.19. The van der Waals surface area contributed by atoms with Gasteiger partial charge in [0.25, 0.3) is 0 Å². The molecule has 0 aliphatic heterocycles. The highest BCUT2D eigenvalue weighted by Gasteiger charge is 2.46. The third-order valence-corrected chi connectivity index (χ3v) is 1.56. The number of amides is 2. The zero-order valence-corrected chi connectivity index (χ0v) is 10.1. The molecule has 19 heavy (non-hydrogen) atoms. The van der Waals surface area contributed by atoms with E-state index in [0.717, 1.165) is 0 Å². The number of carbonyl (C=O) groups excluding carboxylic acids is 2. The van der Waals surface area contributed by atoms with Gasteiger partial charge in [0.2, 0.25) is 0 Å². The third-order valence-electron chi connectivity index (χ3n) is 1.56. The summed E-state index contributed by atoms with van der Waals surface area (Å²) in [4.78, 5) is 40.8. The molecule has 0 aromatic carbocycles. The first kappa shape index (κ1) is 16.3. The Morgan fingerprint density at radius 3 is 2.00 bits per heavy atom. The summed E-state index contributed by atoms with van der Waals surface area (Å²) in [6, 6.07) is 0. The fourth-order valence-corrected chi connectivity index (χ4v) is 0.918. The molecule has 12 nitrogen and oxygen atoms in total. The van der Waals surface area contributed by atoms with E-state index in [4.69, 9.17) is 0 Å². The molecule has 0 rings (SSSR count). The van der Waals surface area contributed by atoms with Crippen LogP contribution in [0.2, 0.25) is 0 Å². The second kappa shape index (κ2) is 7.62. The van der Waals surface area contributed by atoms with Gasteiger partial charge in [0, 0.05) is 0 Å². The van der Waals surface area contributed by atoms with Gasteiger partial charge in [-0.15, -0.1) is 0 Å². The molecule has 0 fully saturated rings. The Kier molecular flexibility index (Phi) is 6.56. The first-order valence-electron chi connectivity index (χ1n) is 5.01. The molecule has 0 unspecified atom stereocenters. The minimum Gasteiger partial charge on any atom is -0.449 e. The molecule has 0 radical (unpaired) electrons. The average Bonchev–Trinajstić information content (AvgIpc) is 2.27. The maximum Gasteiger partial charge on any atom is 0.557 e. The van der Waals surface area contributed by atoms with Crippen molar-refractivity contribution in [1.82, 2.24) is 10.4 Å². The van der Waals surface area contributed by atoms with Gasteiger partial charge < -0.3 is 9.47 Å². The second-order valence-corrected chi connectivity index (χ2v) is 2.82. The van der Waals surface area contributed by atoms with E-state index in [1.165, 1.54) is 13.8 Å². The van der Waals surface area contributed by atoms with Crippen molar-refractivity contribution >= 4 is 12.2 Å². The van der Waals surface area contributed by atoms with Gasteiger partial charge in [0.05, 0.1) is 13.2 Å². The van der Waals surface area contributed by atoms with Gasteiger partial charge in [-0.3, -0.25) is 20.2 Å². The molecule has 0 aromatic rings. The molecular weight excluding hydrogens is 268 g/mol. The van der Waals surface area contributed by atoms with Gasteiger partial charge in [-0.05, 0) is 13.8 Å². The molecule has 0 saturated heterocycles. The highest BCUT2D eigenvalue weighted by molar-refractivity contribution is 5.73. The normalized spacial score (nSPS) is 9.63. The Morgan fingerprint density at radius 1 is 1.16 bits per heavy atom. The predicted octanol–water partition coefficient (Wildman–Crippen LogP) is -0.0570. The lowest BCUT2D eigenvalue weighted by atomic mass is 10.7. The highest BCUT2D eigenvalue weighted by Crippen LogP contribution is 2.02. The fourth-order valence-electron chi connectivity index (χ4n) is 0.918. The zero-order chi connectivity index (χ0) is 15.0. The highest BCUT2D eigenvalue weighted by atomic mass is 16.7. The second-order valence-electron chi connectivity index (χ2n) is 2.82. The third kappa shape index (κ3) is 5.01. The molecule has 0 spiro atoms. The average molecular weight is 280 g/mol. The standard InChI is InChI=1S/C7H12N4O8/c1-3-18-5(12)8-9(7(13)19-4-2)6(10(14)15)11(16)17/h6H,3-4H2,1-2H3,(H,8,12). The fraction of sp³-hybridized carbons (Fsp3) is 0.714. The molecular formula is C7H12N4O8. The Labute approximate surface area is 106 Å². The number of nitrogens with zero attached hydrogens (tertiary/aromatic N) is 3. The molecule has 1 N–H and O–H groups in total. The van der Waals surface area contributed by atoms with E-state index >= 15 is 0 Å². The van der Waals surface area contributed by atoms with Crippen LogP contribution in [0.4, 0.5) is 9.59 Å². The largest absolute Gasteiger partial charge is 0.557 e. The molecule has 0 bridgehead atoms. The minimum absolute atomic E-state index is 0.0932. The molecule has 108 valence electrons. The number of hydrogen-bond donors (Lipinski definition) is 1. The van der Waals surface area contributed by atoms with Crippen LogP contribution in [-0.4, -0.2) is 46.5 Å². The molecule has 12 heteroatoms. The summed E-state index contributed by atoms with van der Waals surface area (Å²) < 4.78 is 8.74. The van der Waals surface area contributed by atoms with E-state index < -0.39 is 28.3 Å². The van der Waals surface area contributed by atoms with Gasteiger partial charge in [0.1, 0.15) is 9.85 Å². The number of hydrazine groups is 1. The molecule has 0 heterocycles. The quantitative estimate of drug-likeness (QED) is 0.417. The number of nitrogens with one attached hydrogen (secondary N) is 1. The van der Waals surface area contributed by atoms with E-state index in [2.05, 4.69) is 9.47 Å². The minimum atomic E-state index is -2.72. The lowest BCUT2D eigenvalue weighted by molar-refractivity contribution is -0.767.